The van der Waals surface area contributed by atoms with E-state index >= 15 is 0 Å². The maximum Gasteiger partial charge on any atom is 0.252 e. The van der Waals surface area contributed by atoms with E-state index in [2.05, 4.69) is 11.2 Å². The smallest absolute Gasteiger partial charge is 0.252 e. The number of amides is 1. The average molecular weight is 256 g/mol. The van der Waals surface area contributed by atoms with Crippen molar-refractivity contribution in [3.63, 3.8) is 0 Å². The summed E-state index contributed by atoms with van der Waals surface area (Å²) in [6, 6.07) is 4.44. The van der Waals surface area contributed by atoms with E-state index in [4.69, 9.17) is 29.6 Å². The van der Waals surface area contributed by atoms with E-state index in [-0.39, 0.29) is 11.9 Å². The summed E-state index contributed by atoms with van der Waals surface area (Å²) in [6.45, 7) is 1.90. The van der Waals surface area contributed by atoms with Crippen molar-refractivity contribution in [1.29, 1.82) is 0 Å². The highest BCUT2D eigenvalue weighted by Gasteiger charge is 2.11. The van der Waals surface area contributed by atoms with Crippen LogP contribution in [0.25, 0.3) is 0 Å². The van der Waals surface area contributed by atoms with E-state index < -0.39 is 0 Å². The fourth-order valence-electron chi connectivity index (χ4n) is 1.14. The van der Waals surface area contributed by atoms with Crippen LogP contribution < -0.4 is 5.32 Å². The predicted molar refractivity (Wildman–Crippen MR) is 66.8 cm³/mol. The second-order valence-electron chi connectivity index (χ2n) is 3.23. The molecule has 0 aliphatic heterocycles. The van der Waals surface area contributed by atoms with E-state index in [0.717, 1.165) is 0 Å². The van der Waals surface area contributed by atoms with Gasteiger partial charge in [-0.25, -0.2) is 0 Å². The first-order valence-electron chi connectivity index (χ1n) is 4.80. The summed E-state index contributed by atoms with van der Waals surface area (Å²) in [5, 5.41) is 3.47. The molecule has 0 aliphatic carbocycles. The van der Waals surface area contributed by atoms with Crippen LogP contribution in [0.3, 0.4) is 0 Å². The van der Waals surface area contributed by atoms with E-state index in [1.165, 1.54) is 6.07 Å². The Balaban J connectivity index is 2.81. The quantitative estimate of drug-likeness (QED) is 0.827. The standard InChI is InChI=1S/C12H11Cl2NO/c1-3-9(4-2)15-12(16)8-5-6-10(13)11(14)7-8/h1,5-7,9H,4H2,2H3,(H,15,16). The molecule has 0 radical (unpaired) electrons. The molecule has 0 saturated carbocycles. The first kappa shape index (κ1) is 12.9. The highest BCUT2D eigenvalue weighted by atomic mass is 35.5. The van der Waals surface area contributed by atoms with E-state index in [1.54, 1.807) is 12.1 Å². The molecule has 84 valence electrons. The predicted octanol–water partition coefficient (Wildman–Crippen LogP) is 3.14. The Labute approximate surface area is 105 Å². The van der Waals surface area contributed by atoms with Crippen molar-refractivity contribution in [2.24, 2.45) is 0 Å². The lowest BCUT2D eigenvalue weighted by molar-refractivity contribution is 0.0945. The summed E-state index contributed by atoms with van der Waals surface area (Å²) in [4.78, 5) is 11.7. The Bertz CT molecular complexity index is 437. The minimum absolute atomic E-state index is 0.247. The molecule has 0 heterocycles. The molecule has 1 rings (SSSR count). The summed E-state index contributed by atoms with van der Waals surface area (Å²) < 4.78 is 0. The Kier molecular flexibility index (Phi) is 4.67. The van der Waals surface area contributed by atoms with Gasteiger partial charge in [0, 0.05) is 5.56 Å². The van der Waals surface area contributed by atoms with Crippen LogP contribution in [0.1, 0.15) is 23.7 Å². The third kappa shape index (κ3) is 3.16. The zero-order valence-corrected chi connectivity index (χ0v) is 10.3. The van der Waals surface area contributed by atoms with Gasteiger partial charge in [0.2, 0.25) is 0 Å². The van der Waals surface area contributed by atoms with E-state index in [9.17, 15) is 4.79 Å². The Hall–Kier alpha value is -1.17. The van der Waals surface area contributed by atoms with E-state index in [0.29, 0.717) is 22.0 Å². The molecule has 1 N–H and O–H groups in total. The molecular formula is C12H11Cl2NO. The minimum Gasteiger partial charge on any atom is -0.338 e. The molecule has 1 aromatic rings. The van der Waals surface area contributed by atoms with Gasteiger partial charge in [0.15, 0.2) is 0 Å². The van der Waals surface area contributed by atoms with Crippen LogP contribution in [0.4, 0.5) is 0 Å². The van der Waals surface area contributed by atoms with Crippen molar-refractivity contribution in [2.45, 2.75) is 19.4 Å². The lowest BCUT2D eigenvalue weighted by Crippen LogP contribution is -2.33. The topological polar surface area (TPSA) is 29.1 Å². The summed E-state index contributed by atoms with van der Waals surface area (Å²) in [7, 11) is 0. The Morgan fingerprint density at radius 3 is 2.69 bits per heavy atom. The lowest BCUT2D eigenvalue weighted by atomic mass is 10.2. The van der Waals surface area contributed by atoms with Crippen molar-refractivity contribution in [2.75, 3.05) is 0 Å². The van der Waals surface area contributed by atoms with Crippen LogP contribution in [0.2, 0.25) is 10.0 Å². The number of halogens is 2. The summed E-state index contributed by atoms with van der Waals surface area (Å²) >= 11 is 11.6. The highest BCUT2D eigenvalue weighted by Crippen LogP contribution is 2.22. The van der Waals surface area contributed by atoms with Gasteiger partial charge in [0.25, 0.3) is 5.91 Å². The average Bonchev–Trinajstić information content (AvgIpc) is 2.29. The first-order valence-corrected chi connectivity index (χ1v) is 5.56. The third-order valence-electron chi connectivity index (χ3n) is 2.10. The number of hydrogen-bond donors (Lipinski definition) is 1. The third-order valence-corrected chi connectivity index (χ3v) is 2.84. The number of rotatable bonds is 3. The molecule has 16 heavy (non-hydrogen) atoms. The number of carbonyl (C=O) groups excluding carboxylic acids is 1. The molecule has 0 aliphatic rings. The van der Waals surface area contributed by atoms with Gasteiger partial charge in [-0.1, -0.05) is 36.0 Å². The van der Waals surface area contributed by atoms with Crippen molar-refractivity contribution < 1.29 is 4.79 Å². The van der Waals surface area contributed by atoms with Gasteiger partial charge in [0.1, 0.15) is 0 Å². The van der Waals surface area contributed by atoms with Crippen LogP contribution in [0, 0.1) is 12.3 Å². The molecule has 1 aromatic carbocycles. The van der Waals surface area contributed by atoms with Crippen LogP contribution in [-0.2, 0) is 0 Å². The van der Waals surface area contributed by atoms with Crippen LogP contribution in [-0.4, -0.2) is 11.9 Å². The van der Waals surface area contributed by atoms with Gasteiger partial charge in [0.05, 0.1) is 16.1 Å². The molecule has 0 spiro atoms. The fraction of sp³-hybridized carbons (Fsp3) is 0.250. The van der Waals surface area contributed by atoms with Crippen LogP contribution in [0.15, 0.2) is 18.2 Å². The van der Waals surface area contributed by atoms with Gasteiger partial charge >= 0.3 is 0 Å². The second kappa shape index (κ2) is 5.79. The largest absolute Gasteiger partial charge is 0.338 e. The zero-order chi connectivity index (χ0) is 12.1. The van der Waals surface area contributed by atoms with Crippen molar-refractivity contribution in [3.05, 3.63) is 33.8 Å². The zero-order valence-electron chi connectivity index (χ0n) is 8.76. The highest BCUT2D eigenvalue weighted by molar-refractivity contribution is 6.42. The van der Waals surface area contributed by atoms with Gasteiger partial charge in [-0.3, -0.25) is 4.79 Å². The number of benzene rings is 1. The fourth-order valence-corrected chi connectivity index (χ4v) is 1.44. The van der Waals surface area contributed by atoms with Gasteiger partial charge in [-0.05, 0) is 24.6 Å². The number of terminal acetylenes is 1. The molecular weight excluding hydrogens is 245 g/mol. The molecule has 4 heteroatoms. The minimum atomic E-state index is -0.262. The van der Waals surface area contributed by atoms with E-state index in [1.807, 2.05) is 6.92 Å². The molecule has 0 saturated heterocycles. The molecule has 0 bridgehead atoms. The maximum absolute atomic E-state index is 11.7. The molecule has 0 fully saturated rings. The number of hydrogen-bond acceptors (Lipinski definition) is 1. The summed E-state index contributed by atoms with van der Waals surface area (Å²) in [5.74, 6) is 2.24. The molecule has 2 nitrogen and oxygen atoms in total. The Morgan fingerprint density at radius 1 is 1.50 bits per heavy atom. The monoisotopic (exact) mass is 255 g/mol. The normalized spacial score (nSPS) is 11.6. The molecule has 1 atom stereocenters. The number of carbonyl (C=O) groups is 1. The summed E-state index contributed by atoms with van der Waals surface area (Å²) in [5.41, 5.74) is 0.447. The van der Waals surface area contributed by atoms with Crippen LogP contribution >= 0.6 is 23.2 Å². The molecule has 1 unspecified atom stereocenters. The van der Waals surface area contributed by atoms with Crippen LogP contribution in [0.5, 0.6) is 0 Å². The van der Waals surface area contributed by atoms with Gasteiger partial charge < -0.3 is 5.32 Å². The lowest BCUT2D eigenvalue weighted by Gasteiger charge is -2.10. The molecule has 0 aromatic heterocycles. The van der Waals surface area contributed by atoms with Crippen molar-refractivity contribution in [3.8, 4) is 12.3 Å². The van der Waals surface area contributed by atoms with Gasteiger partial charge in [-0.2, -0.15) is 0 Å². The maximum atomic E-state index is 11.7. The molecule has 1 amide bonds. The Morgan fingerprint density at radius 2 is 2.19 bits per heavy atom. The number of nitrogens with one attached hydrogen (secondary N) is 1. The summed E-state index contributed by atoms with van der Waals surface area (Å²) in [6.07, 6.45) is 5.94. The van der Waals surface area contributed by atoms with Gasteiger partial charge in [-0.15, -0.1) is 6.42 Å². The van der Waals surface area contributed by atoms with Crippen molar-refractivity contribution in [1.82, 2.24) is 5.32 Å². The van der Waals surface area contributed by atoms with Crippen molar-refractivity contribution >= 4 is 29.1 Å². The SMILES string of the molecule is C#CC(CC)NC(=O)c1ccc(Cl)c(Cl)c1. The first-order chi connectivity index (χ1) is 7.58. The second-order valence-corrected chi connectivity index (χ2v) is 4.04.